The molecule has 0 amide bonds. The molecule has 1 aromatic carbocycles. The third kappa shape index (κ3) is 2.07. The molecule has 2 aromatic rings. The van der Waals surface area contributed by atoms with Crippen LogP contribution < -0.4 is 0 Å². The predicted molar refractivity (Wildman–Crippen MR) is 81.6 cm³/mol. The molecule has 0 saturated carbocycles. The van der Waals surface area contributed by atoms with E-state index in [0.29, 0.717) is 5.92 Å². The van der Waals surface area contributed by atoms with Crippen LogP contribution in [-0.2, 0) is 13.0 Å². The highest BCUT2D eigenvalue weighted by Gasteiger charge is 2.24. The second-order valence-corrected chi connectivity index (χ2v) is 6.10. The number of hydrogen-bond acceptors (Lipinski definition) is 0. The lowest BCUT2D eigenvalue weighted by Gasteiger charge is -2.20. The Kier molecular flexibility index (Phi) is 3.41. The van der Waals surface area contributed by atoms with Gasteiger partial charge in [-0.15, -0.1) is 0 Å². The average molecular weight is 271 g/mol. The van der Waals surface area contributed by atoms with Crippen molar-refractivity contribution >= 4 is 0 Å². The van der Waals surface area contributed by atoms with E-state index in [1.54, 1.807) is 12.1 Å². The van der Waals surface area contributed by atoms with Crippen LogP contribution >= 0.6 is 0 Å². The van der Waals surface area contributed by atoms with Crippen molar-refractivity contribution in [1.82, 2.24) is 4.57 Å². The second kappa shape index (κ2) is 5.08. The molecule has 1 aromatic heterocycles. The average Bonchev–Trinajstić information content (AvgIpc) is 2.72. The van der Waals surface area contributed by atoms with Crippen LogP contribution in [0.1, 0.15) is 49.6 Å². The van der Waals surface area contributed by atoms with E-state index < -0.39 is 0 Å². The highest BCUT2D eigenvalue weighted by molar-refractivity contribution is 5.72. The summed E-state index contributed by atoms with van der Waals surface area (Å²) in [6.45, 7) is 7.88. The Labute approximate surface area is 120 Å². The number of halogens is 1. The first-order valence-electron chi connectivity index (χ1n) is 7.57. The number of rotatable bonds is 2. The van der Waals surface area contributed by atoms with Gasteiger partial charge in [0.15, 0.2) is 0 Å². The quantitative estimate of drug-likeness (QED) is 0.719. The van der Waals surface area contributed by atoms with E-state index in [0.717, 1.165) is 18.5 Å². The highest BCUT2D eigenvalue weighted by Crippen LogP contribution is 2.38. The maximum Gasteiger partial charge on any atom is 0.123 e. The molecular weight excluding hydrogens is 249 g/mol. The minimum absolute atomic E-state index is 0.163. The molecule has 2 heterocycles. The predicted octanol–water partition coefficient (Wildman–Crippen LogP) is 5.06. The second-order valence-electron chi connectivity index (χ2n) is 6.10. The number of aromatic nitrogens is 1. The van der Waals surface area contributed by atoms with Crippen molar-refractivity contribution in [2.75, 3.05) is 0 Å². The van der Waals surface area contributed by atoms with E-state index in [1.807, 2.05) is 12.1 Å². The van der Waals surface area contributed by atoms with Gasteiger partial charge in [-0.1, -0.05) is 26.0 Å². The van der Waals surface area contributed by atoms with Crippen molar-refractivity contribution in [3.63, 3.8) is 0 Å². The zero-order valence-electron chi connectivity index (χ0n) is 12.5. The summed E-state index contributed by atoms with van der Waals surface area (Å²) in [5.74, 6) is 0.365. The first-order chi connectivity index (χ1) is 9.59. The zero-order valence-corrected chi connectivity index (χ0v) is 12.5. The third-order valence-corrected chi connectivity index (χ3v) is 4.39. The van der Waals surface area contributed by atoms with Gasteiger partial charge in [-0.25, -0.2) is 4.39 Å². The molecule has 1 nitrogen and oxygen atoms in total. The summed E-state index contributed by atoms with van der Waals surface area (Å²) in [7, 11) is 0. The van der Waals surface area contributed by atoms with Crippen molar-refractivity contribution in [2.45, 2.75) is 52.5 Å². The lowest BCUT2D eigenvalue weighted by Crippen LogP contribution is -2.13. The summed E-state index contributed by atoms with van der Waals surface area (Å²) in [6, 6.07) is 6.96. The van der Waals surface area contributed by atoms with Crippen molar-refractivity contribution in [3.8, 4) is 11.1 Å². The molecule has 0 aliphatic carbocycles. The summed E-state index contributed by atoms with van der Waals surface area (Å²) in [5.41, 5.74) is 6.78. The van der Waals surface area contributed by atoms with Crippen LogP contribution in [-0.4, -0.2) is 4.57 Å². The first-order valence-corrected chi connectivity index (χ1v) is 7.57. The van der Waals surface area contributed by atoms with Crippen LogP contribution in [0.5, 0.6) is 0 Å². The fourth-order valence-corrected chi connectivity index (χ4v) is 3.65. The maximum absolute atomic E-state index is 13.2. The Balaban J connectivity index is 2.22. The van der Waals surface area contributed by atoms with Crippen molar-refractivity contribution < 1.29 is 4.39 Å². The van der Waals surface area contributed by atoms with E-state index in [4.69, 9.17) is 0 Å². The Morgan fingerprint density at radius 2 is 1.80 bits per heavy atom. The monoisotopic (exact) mass is 271 g/mol. The van der Waals surface area contributed by atoms with Crippen molar-refractivity contribution in [3.05, 3.63) is 47.0 Å². The van der Waals surface area contributed by atoms with Gasteiger partial charge < -0.3 is 4.57 Å². The Bertz CT molecular complexity index is 620. The largest absolute Gasteiger partial charge is 0.347 e. The SMILES string of the molecule is Cc1c(-c2ccc(F)cc2)c2n(c1C(C)C)CCCC2. The number of benzene rings is 1. The van der Waals surface area contributed by atoms with Gasteiger partial charge in [-0.3, -0.25) is 0 Å². The maximum atomic E-state index is 13.2. The smallest absolute Gasteiger partial charge is 0.123 e. The summed E-state index contributed by atoms with van der Waals surface area (Å²) in [5, 5.41) is 0. The third-order valence-electron chi connectivity index (χ3n) is 4.39. The van der Waals surface area contributed by atoms with E-state index in [-0.39, 0.29) is 5.82 Å². The van der Waals surface area contributed by atoms with Gasteiger partial charge in [0, 0.05) is 23.5 Å². The molecule has 0 radical (unpaired) electrons. The van der Waals surface area contributed by atoms with Gasteiger partial charge >= 0.3 is 0 Å². The molecule has 1 aliphatic rings. The molecule has 0 saturated heterocycles. The van der Waals surface area contributed by atoms with Gasteiger partial charge in [0.1, 0.15) is 5.82 Å². The van der Waals surface area contributed by atoms with Crippen LogP contribution in [0.3, 0.4) is 0 Å². The fraction of sp³-hybridized carbons (Fsp3) is 0.444. The Hall–Kier alpha value is -1.57. The first kappa shape index (κ1) is 13.4. The molecule has 0 spiro atoms. The molecule has 0 bridgehead atoms. The van der Waals surface area contributed by atoms with Gasteiger partial charge in [-0.05, 0) is 55.4 Å². The highest BCUT2D eigenvalue weighted by atomic mass is 19.1. The topological polar surface area (TPSA) is 4.93 Å². The van der Waals surface area contributed by atoms with Crippen molar-refractivity contribution in [2.24, 2.45) is 0 Å². The van der Waals surface area contributed by atoms with Crippen LogP contribution in [0.25, 0.3) is 11.1 Å². The van der Waals surface area contributed by atoms with Crippen LogP contribution in [0.2, 0.25) is 0 Å². The molecule has 2 heteroatoms. The Morgan fingerprint density at radius 3 is 2.45 bits per heavy atom. The Morgan fingerprint density at radius 1 is 1.10 bits per heavy atom. The van der Waals surface area contributed by atoms with Crippen LogP contribution in [0, 0.1) is 12.7 Å². The summed E-state index contributed by atoms with van der Waals surface area (Å²) in [4.78, 5) is 0. The molecule has 0 atom stereocenters. The molecule has 0 unspecified atom stereocenters. The van der Waals surface area contributed by atoms with Crippen LogP contribution in [0.4, 0.5) is 4.39 Å². The molecule has 1 aliphatic heterocycles. The lowest BCUT2D eigenvalue weighted by atomic mass is 9.96. The minimum atomic E-state index is -0.163. The molecule has 0 N–H and O–H groups in total. The van der Waals surface area contributed by atoms with E-state index in [9.17, 15) is 4.39 Å². The van der Waals surface area contributed by atoms with E-state index >= 15 is 0 Å². The zero-order chi connectivity index (χ0) is 14.3. The standard InChI is InChI=1S/C18H22FN/c1-12(2)18-13(3)17(14-7-9-15(19)10-8-14)16-6-4-5-11-20(16)18/h7-10,12H,4-6,11H2,1-3H3. The normalized spacial score (nSPS) is 14.7. The van der Waals surface area contributed by atoms with Crippen molar-refractivity contribution in [1.29, 1.82) is 0 Å². The minimum Gasteiger partial charge on any atom is -0.347 e. The van der Waals surface area contributed by atoms with E-state index in [1.165, 1.54) is 35.4 Å². The molecule has 106 valence electrons. The summed E-state index contributed by atoms with van der Waals surface area (Å²) < 4.78 is 15.7. The van der Waals surface area contributed by atoms with Crippen LogP contribution in [0.15, 0.2) is 24.3 Å². The van der Waals surface area contributed by atoms with Gasteiger partial charge in [-0.2, -0.15) is 0 Å². The number of hydrogen-bond donors (Lipinski definition) is 0. The molecule has 0 fully saturated rings. The number of fused-ring (bicyclic) bond motifs is 1. The molecule has 20 heavy (non-hydrogen) atoms. The van der Waals surface area contributed by atoms with Gasteiger partial charge in [0.25, 0.3) is 0 Å². The van der Waals surface area contributed by atoms with Gasteiger partial charge in [0.05, 0.1) is 0 Å². The van der Waals surface area contributed by atoms with E-state index in [2.05, 4.69) is 25.3 Å². The molecular formula is C18H22FN. The fourth-order valence-electron chi connectivity index (χ4n) is 3.65. The lowest BCUT2D eigenvalue weighted by molar-refractivity contribution is 0.508. The van der Waals surface area contributed by atoms with Gasteiger partial charge in [0.2, 0.25) is 0 Å². The molecule has 3 rings (SSSR count). The number of nitrogens with zero attached hydrogens (tertiary/aromatic N) is 1. The summed E-state index contributed by atoms with van der Waals surface area (Å²) >= 11 is 0. The summed E-state index contributed by atoms with van der Waals surface area (Å²) in [6.07, 6.45) is 3.67.